The molecule has 0 amide bonds. The Morgan fingerprint density at radius 1 is 1.33 bits per heavy atom. The monoisotopic (exact) mass is 207 g/mol. The molecule has 15 heavy (non-hydrogen) atoms. The van der Waals surface area contributed by atoms with Gasteiger partial charge in [0.2, 0.25) is 0 Å². The smallest absolute Gasteiger partial charge is 0.00698 e. The summed E-state index contributed by atoms with van der Waals surface area (Å²) in [6.07, 6.45) is 13.5. The SMILES string of the molecule is CC1CCC(NCCC2=CCCCC2)C1. The maximum absolute atomic E-state index is 3.72. The van der Waals surface area contributed by atoms with Crippen LogP contribution in [-0.4, -0.2) is 12.6 Å². The molecular formula is C14H25N. The largest absolute Gasteiger partial charge is 0.314 e. The Morgan fingerprint density at radius 3 is 2.93 bits per heavy atom. The van der Waals surface area contributed by atoms with E-state index in [2.05, 4.69) is 18.3 Å². The Labute approximate surface area is 94.3 Å². The Hall–Kier alpha value is -0.300. The van der Waals surface area contributed by atoms with E-state index in [4.69, 9.17) is 0 Å². The zero-order valence-electron chi connectivity index (χ0n) is 10.1. The van der Waals surface area contributed by atoms with Crippen LogP contribution in [0.2, 0.25) is 0 Å². The van der Waals surface area contributed by atoms with Gasteiger partial charge in [-0.15, -0.1) is 0 Å². The van der Waals surface area contributed by atoms with Crippen LogP contribution in [0, 0.1) is 5.92 Å². The van der Waals surface area contributed by atoms with E-state index in [9.17, 15) is 0 Å². The Kier molecular flexibility index (Phi) is 4.25. The highest BCUT2D eigenvalue weighted by atomic mass is 14.9. The minimum atomic E-state index is 0.823. The van der Waals surface area contributed by atoms with Gasteiger partial charge in [-0.25, -0.2) is 0 Å². The molecule has 0 radical (unpaired) electrons. The molecule has 86 valence electrons. The number of rotatable bonds is 4. The van der Waals surface area contributed by atoms with Gasteiger partial charge in [-0.3, -0.25) is 0 Å². The first kappa shape index (κ1) is 11.2. The van der Waals surface area contributed by atoms with Crippen LogP contribution in [0.25, 0.3) is 0 Å². The fourth-order valence-electron chi connectivity index (χ4n) is 2.96. The summed E-state index contributed by atoms with van der Waals surface area (Å²) < 4.78 is 0. The highest BCUT2D eigenvalue weighted by Crippen LogP contribution is 2.25. The second-order valence-electron chi connectivity index (χ2n) is 5.43. The first-order valence-electron chi connectivity index (χ1n) is 6.76. The lowest BCUT2D eigenvalue weighted by molar-refractivity contribution is 0.500. The van der Waals surface area contributed by atoms with Gasteiger partial charge in [0.05, 0.1) is 0 Å². The standard InChI is InChI=1S/C14H25N/c1-12-7-8-14(11-12)15-10-9-13-5-3-2-4-6-13/h5,12,14-15H,2-4,6-11H2,1H3. The van der Waals surface area contributed by atoms with Crippen molar-refractivity contribution in [3.8, 4) is 0 Å². The Morgan fingerprint density at radius 2 is 2.27 bits per heavy atom. The normalized spacial score (nSPS) is 31.7. The molecule has 1 heteroatoms. The molecule has 1 saturated carbocycles. The van der Waals surface area contributed by atoms with E-state index in [1.165, 1.54) is 57.9 Å². The second-order valence-corrected chi connectivity index (χ2v) is 5.43. The van der Waals surface area contributed by atoms with Gasteiger partial charge in [0.1, 0.15) is 0 Å². The van der Waals surface area contributed by atoms with Crippen LogP contribution < -0.4 is 5.32 Å². The third-order valence-corrected chi connectivity index (χ3v) is 3.96. The number of allylic oxidation sites excluding steroid dienone is 1. The topological polar surface area (TPSA) is 12.0 Å². The van der Waals surface area contributed by atoms with Crippen molar-refractivity contribution >= 4 is 0 Å². The first-order chi connectivity index (χ1) is 7.34. The van der Waals surface area contributed by atoms with Crippen molar-refractivity contribution in [2.24, 2.45) is 5.92 Å². The molecule has 2 aliphatic carbocycles. The number of hydrogen-bond donors (Lipinski definition) is 1. The number of nitrogens with one attached hydrogen (secondary N) is 1. The highest BCUT2D eigenvalue weighted by molar-refractivity contribution is 5.05. The minimum Gasteiger partial charge on any atom is -0.314 e. The Bertz CT molecular complexity index is 219. The molecule has 2 aliphatic rings. The van der Waals surface area contributed by atoms with Crippen LogP contribution in [0.1, 0.15) is 58.3 Å². The quantitative estimate of drug-likeness (QED) is 0.694. The number of hydrogen-bond acceptors (Lipinski definition) is 1. The Balaban J connectivity index is 1.60. The molecule has 0 saturated heterocycles. The van der Waals surface area contributed by atoms with E-state index in [-0.39, 0.29) is 0 Å². The minimum absolute atomic E-state index is 0.823. The zero-order chi connectivity index (χ0) is 10.5. The van der Waals surface area contributed by atoms with Gasteiger partial charge in [-0.1, -0.05) is 18.6 Å². The van der Waals surface area contributed by atoms with Crippen molar-refractivity contribution in [2.45, 2.75) is 64.3 Å². The lowest BCUT2D eigenvalue weighted by Gasteiger charge is -2.15. The summed E-state index contributed by atoms with van der Waals surface area (Å²) >= 11 is 0. The van der Waals surface area contributed by atoms with Crippen LogP contribution in [0.5, 0.6) is 0 Å². The second kappa shape index (κ2) is 5.69. The van der Waals surface area contributed by atoms with E-state index in [0.717, 1.165) is 12.0 Å². The van der Waals surface area contributed by atoms with Crippen LogP contribution in [0.4, 0.5) is 0 Å². The molecule has 0 aromatic carbocycles. The van der Waals surface area contributed by atoms with Crippen molar-refractivity contribution in [2.75, 3.05) is 6.54 Å². The van der Waals surface area contributed by atoms with Gasteiger partial charge in [0, 0.05) is 6.04 Å². The predicted octanol–water partition coefficient (Wildman–Crippen LogP) is 3.66. The lowest BCUT2D eigenvalue weighted by atomic mass is 9.97. The van der Waals surface area contributed by atoms with Gasteiger partial charge < -0.3 is 5.32 Å². The molecule has 0 spiro atoms. The summed E-state index contributed by atoms with van der Waals surface area (Å²) in [4.78, 5) is 0. The molecule has 1 N–H and O–H groups in total. The summed E-state index contributed by atoms with van der Waals surface area (Å²) in [5, 5.41) is 3.72. The molecule has 2 atom stereocenters. The molecule has 2 rings (SSSR count). The van der Waals surface area contributed by atoms with Crippen molar-refractivity contribution in [1.29, 1.82) is 0 Å². The van der Waals surface area contributed by atoms with Gasteiger partial charge in [0.25, 0.3) is 0 Å². The molecule has 1 fully saturated rings. The maximum Gasteiger partial charge on any atom is 0.00698 e. The molecular weight excluding hydrogens is 182 g/mol. The lowest BCUT2D eigenvalue weighted by Crippen LogP contribution is -2.27. The molecule has 0 aromatic rings. The van der Waals surface area contributed by atoms with Crippen molar-refractivity contribution < 1.29 is 0 Å². The van der Waals surface area contributed by atoms with E-state index in [1.807, 2.05) is 0 Å². The zero-order valence-corrected chi connectivity index (χ0v) is 10.1. The molecule has 0 bridgehead atoms. The maximum atomic E-state index is 3.72. The summed E-state index contributed by atoms with van der Waals surface area (Å²) in [5.74, 6) is 0.955. The summed E-state index contributed by atoms with van der Waals surface area (Å²) in [7, 11) is 0. The van der Waals surface area contributed by atoms with Gasteiger partial charge in [-0.2, -0.15) is 0 Å². The van der Waals surface area contributed by atoms with Crippen molar-refractivity contribution in [3.63, 3.8) is 0 Å². The molecule has 0 aromatic heterocycles. The molecule has 0 heterocycles. The van der Waals surface area contributed by atoms with E-state index >= 15 is 0 Å². The summed E-state index contributed by atoms with van der Waals surface area (Å²) in [6.45, 7) is 3.59. The van der Waals surface area contributed by atoms with Crippen LogP contribution in [-0.2, 0) is 0 Å². The molecule has 2 unspecified atom stereocenters. The molecule has 1 nitrogen and oxygen atoms in total. The highest BCUT2D eigenvalue weighted by Gasteiger charge is 2.20. The fourth-order valence-corrected chi connectivity index (χ4v) is 2.96. The summed E-state index contributed by atoms with van der Waals surface area (Å²) in [5.41, 5.74) is 1.71. The van der Waals surface area contributed by atoms with E-state index < -0.39 is 0 Å². The fraction of sp³-hybridized carbons (Fsp3) is 0.857. The average Bonchev–Trinajstić information content (AvgIpc) is 2.66. The first-order valence-corrected chi connectivity index (χ1v) is 6.76. The van der Waals surface area contributed by atoms with Crippen molar-refractivity contribution in [1.82, 2.24) is 5.32 Å². The molecule has 0 aliphatic heterocycles. The predicted molar refractivity (Wildman–Crippen MR) is 66.0 cm³/mol. The van der Waals surface area contributed by atoms with E-state index in [1.54, 1.807) is 5.57 Å². The van der Waals surface area contributed by atoms with Gasteiger partial charge in [-0.05, 0) is 63.8 Å². The van der Waals surface area contributed by atoms with Gasteiger partial charge >= 0.3 is 0 Å². The van der Waals surface area contributed by atoms with Crippen LogP contribution in [0.3, 0.4) is 0 Å². The third kappa shape index (κ3) is 3.64. The van der Waals surface area contributed by atoms with Crippen LogP contribution in [0.15, 0.2) is 11.6 Å². The summed E-state index contributed by atoms with van der Waals surface area (Å²) in [6, 6.07) is 0.823. The van der Waals surface area contributed by atoms with E-state index in [0.29, 0.717) is 0 Å². The van der Waals surface area contributed by atoms with Crippen molar-refractivity contribution in [3.05, 3.63) is 11.6 Å². The average molecular weight is 207 g/mol. The van der Waals surface area contributed by atoms with Gasteiger partial charge in [0.15, 0.2) is 0 Å². The third-order valence-electron chi connectivity index (χ3n) is 3.96. The van der Waals surface area contributed by atoms with Crippen LogP contribution >= 0.6 is 0 Å².